The summed E-state index contributed by atoms with van der Waals surface area (Å²) in [5.74, 6) is 0.626. The van der Waals surface area contributed by atoms with Gasteiger partial charge in [0.05, 0.1) is 0 Å². The first-order valence-corrected chi connectivity index (χ1v) is 6.08. The highest BCUT2D eigenvalue weighted by Crippen LogP contribution is 2.21. The van der Waals surface area contributed by atoms with Crippen molar-refractivity contribution in [2.75, 3.05) is 32.5 Å². The maximum atomic E-state index is 5.92. The molecule has 0 amide bonds. The third-order valence-corrected chi connectivity index (χ3v) is 2.68. The molecule has 0 aliphatic carbocycles. The molecule has 0 saturated carbocycles. The largest absolute Gasteiger partial charge is 0.367 e. The van der Waals surface area contributed by atoms with E-state index in [0.717, 1.165) is 19.5 Å². The van der Waals surface area contributed by atoms with Gasteiger partial charge in [-0.15, -0.1) is 10.2 Å². The normalized spacial score (nSPS) is 11.1. The molecule has 0 bridgehead atoms. The van der Waals surface area contributed by atoms with Crippen LogP contribution in [0.2, 0.25) is 5.15 Å². The molecule has 6 nitrogen and oxygen atoms in total. The highest BCUT2D eigenvalue weighted by Gasteiger charge is 2.09. The standard InChI is InChI=1S/C11H15ClN6/c1-18(2)7-3-4-15-11-9-8(10(12)16-17-11)13-5-6-14-9/h5-6H,3-4,7H2,1-2H3,(H,15,17). The van der Waals surface area contributed by atoms with E-state index >= 15 is 0 Å². The van der Waals surface area contributed by atoms with Gasteiger partial charge in [-0.05, 0) is 27.1 Å². The van der Waals surface area contributed by atoms with Gasteiger partial charge in [-0.2, -0.15) is 0 Å². The van der Waals surface area contributed by atoms with Gasteiger partial charge in [0.25, 0.3) is 0 Å². The van der Waals surface area contributed by atoms with Crippen molar-refractivity contribution in [3.8, 4) is 0 Å². The molecule has 0 aromatic carbocycles. The van der Waals surface area contributed by atoms with E-state index < -0.39 is 0 Å². The molecule has 0 radical (unpaired) electrons. The van der Waals surface area contributed by atoms with Crippen LogP contribution in [0.25, 0.3) is 11.0 Å². The lowest BCUT2D eigenvalue weighted by atomic mass is 10.3. The van der Waals surface area contributed by atoms with Crippen LogP contribution in [0, 0.1) is 0 Å². The van der Waals surface area contributed by atoms with Crippen LogP contribution in [0.3, 0.4) is 0 Å². The molecule has 2 rings (SSSR count). The van der Waals surface area contributed by atoms with Gasteiger partial charge < -0.3 is 10.2 Å². The molecule has 96 valence electrons. The van der Waals surface area contributed by atoms with Crippen molar-refractivity contribution in [3.05, 3.63) is 17.5 Å². The zero-order valence-corrected chi connectivity index (χ0v) is 11.1. The maximum Gasteiger partial charge on any atom is 0.179 e. The monoisotopic (exact) mass is 266 g/mol. The Balaban J connectivity index is 2.11. The molecule has 2 aromatic heterocycles. The van der Waals surface area contributed by atoms with E-state index in [2.05, 4.69) is 30.4 Å². The Labute approximate surface area is 110 Å². The summed E-state index contributed by atoms with van der Waals surface area (Å²) in [6, 6.07) is 0. The Morgan fingerprint density at radius 3 is 2.61 bits per heavy atom. The summed E-state index contributed by atoms with van der Waals surface area (Å²) < 4.78 is 0. The van der Waals surface area contributed by atoms with Crippen LogP contribution in [0.4, 0.5) is 5.82 Å². The molecule has 0 aliphatic rings. The predicted octanol–water partition coefficient (Wildman–Crippen LogP) is 1.44. The number of rotatable bonds is 5. The first-order chi connectivity index (χ1) is 8.68. The Bertz CT molecular complexity index is 530. The summed E-state index contributed by atoms with van der Waals surface area (Å²) in [6.07, 6.45) is 4.22. The maximum absolute atomic E-state index is 5.92. The molecule has 0 spiro atoms. The summed E-state index contributed by atoms with van der Waals surface area (Å²) in [6.45, 7) is 1.82. The Morgan fingerprint density at radius 1 is 1.17 bits per heavy atom. The van der Waals surface area contributed by atoms with Gasteiger partial charge in [0, 0.05) is 18.9 Å². The van der Waals surface area contributed by atoms with Gasteiger partial charge in [-0.3, -0.25) is 0 Å². The van der Waals surface area contributed by atoms with Crippen LogP contribution in [-0.2, 0) is 0 Å². The summed E-state index contributed by atoms with van der Waals surface area (Å²) in [4.78, 5) is 10.5. The van der Waals surface area contributed by atoms with Crippen LogP contribution >= 0.6 is 11.6 Å². The molecule has 2 aromatic rings. The zero-order chi connectivity index (χ0) is 13.0. The van der Waals surface area contributed by atoms with Crippen LogP contribution in [0.1, 0.15) is 6.42 Å². The van der Waals surface area contributed by atoms with E-state index in [4.69, 9.17) is 11.6 Å². The first-order valence-electron chi connectivity index (χ1n) is 5.70. The third-order valence-electron chi connectivity index (χ3n) is 2.43. The van der Waals surface area contributed by atoms with Crippen LogP contribution in [0.5, 0.6) is 0 Å². The second-order valence-electron chi connectivity index (χ2n) is 4.18. The Kier molecular flexibility index (Phi) is 4.22. The quantitative estimate of drug-likeness (QED) is 0.826. The summed E-state index contributed by atoms with van der Waals surface area (Å²) >= 11 is 5.92. The van der Waals surface area contributed by atoms with Crippen molar-refractivity contribution < 1.29 is 0 Å². The molecular formula is C11H15ClN6. The van der Waals surface area contributed by atoms with E-state index in [9.17, 15) is 0 Å². The average molecular weight is 267 g/mol. The van der Waals surface area contributed by atoms with Gasteiger partial charge in [0.15, 0.2) is 11.0 Å². The van der Waals surface area contributed by atoms with Gasteiger partial charge in [0.2, 0.25) is 0 Å². The van der Waals surface area contributed by atoms with Crippen molar-refractivity contribution in [2.45, 2.75) is 6.42 Å². The molecule has 0 unspecified atom stereocenters. The number of hydrogen-bond acceptors (Lipinski definition) is 6. The number of nitrogens with one attached hydrogen (secondary N) is 1. The molecular weight excluding hydrogens is 252 g/mol. The Hall–Kier alpha value is -1.53. The van der Waals surface area contributed by atoms with E-state index in [1.807, 2.05) is 14.1 Å². The summed E-state index contributed by atoms with van der Waals surface area (Å²) in [7, 11) is 4.09. The van der Waals surface area contributed by atoms with Crippen LogP contribution < -0.4 is 5.32 Å². The highest BCUT2D eigenvalue weighted by molar-refractivity contribution is 6.33. The molecule has 2 heterocycles. The molecule has 18 heavy (non-hydrogen) atoms. The highest BCUT2D eigenvalue weighted by atomic mass is 35.5. The fourth-order valence-corrected chi connectivity index (χ4v) is 1.75. The summed E-state index contributed by atoms with van der Waals surface area (Å²) in [5, 5.41) is 11.4. The van der Waals surface area contributed by atoms with Crippen molar-refractivity contribution in [2.24, 2.45) is 0 Å². The second-order valence-corrected chi connectivity index (χ2v) is 4.53. The Morgan fingerprint density at radius 2 is 1.89 bits per heavy atom. The molecule has 0 saturated heterocycles. The van der Waals surface area contributed by atoms with Crippen molar-refractivity contribution >= 4 is 28.5 Å². The fourth-order valence-electron chi connectivity index (χ4n) is 1.57. The molecule has 1 N–H and O–H groups in total. The van der Waals surface area contributed by atoms with E-state index in [1.165, 1.54) is 0 Å². The second kappa shape index (κ2) is 5.88. The molecule has 0 aliphatic heterocycles. The van der Waals surface area contributed by atoms with Gasteiger partial charge in [-0.25, -0.2) is 9.97 Å². The number of fused-ring (bicyclic) bond motifs is 1. The lowest BCUT2D eigenvalue weighted by Crippen LogP contribution is -2.17. The van der Waals surface area contributed by atoms with Crippen molar-refractivity contribution in [1.82, 2.24) is 25.1 Å². The fraction of sp³-hybridized carbons (Fsp3) is 0.455. The molecule has 7 heteroatoms. The van der Waals surface area contributed by atoms with Gasteiger partial charge in [0.1, 0.15) is 11.0 Å². The minimum absolute atomic E-state index is 0.275. The SMILES string of the molecule is CN(C)CCCNc1nnc(Cl)c2nccnc12. The first kappa shape index (κ1) is 12.9. The minimum atomic E-state index is 0.275. The predicted molar refractivity (Wildman–Crippen MR) is 71.8 cm³/mol. The number of halogens is 1. The van der Waals surface area contributed by atoms with E-state index in [-0.39, 0.29) is 5.15 Å². The lowest BCUT2D eigenvalue weighted by molar-refractivity contribution is 0.405. The lowest BCUT2D eigenvalue weighted by Gasteiger charge is -2.10. The average Bonchev–Trinajstić information content (AvgIpc) is 2.37. The number of anilines is 1. The van der Waals surface area contributed by atoms with E-state index in [0.29, 0.717) is 16.9 Å². The van der Waals surface area contributed by atoms with Crippen molar-refractivity contribution in [1.29, 1.82) is 0 Å². The molecule has 0 fully saturated rings. The van der Waals surface area contributed by atoms with Crippen LogP contribution in [-0.4, -0.2) is 52.3 Å². The smallest absolute Gasteiger partial charge is 0.179 e. The number of nitrogens with zero attached hydrogens (tertiary/aromatic N) is 5. The zero-order valence-electron chi connectivity index (χ0n) is 10.4. The third kappa shape index (κ3) is 3.02. The van der Waals surface area contributed by atoms with Crippen LogP contribution in [0.15, 0.2) is 12.4 Å². The van der Waals surface area contributed by atoms with E-state index in [1.54, 1.807) is 12.4 Å². The van der Waals surface area contributed by atoms with Gasteiger partial charge >= 0.3 is 0 Å². The van der Waals surface area contributed by atoms with Gasteiger partial charge in [-0.1, -0.05) is 11.6 Å². The minimum Gasteiger partial charge on any atom is -0.367 e. The van der Waals surface area contributed by atoms with Crippen molar-refractivity contribution in [3.63, 3.8) is 0 Å². The molecule has 0 atom stereocenters. The topological polar surface area (TPSA) is 66.8 Å². The summed E-state index contributed by atoms with van der Waals surface area (Å²) in [5.41, 5.74) is 1.23. The number of aromatic nitrogens is 4. The number of hydrogen-bond donors (Lipinski definition) is 1.